The third-order valence-corrected chi connectivity index (χ3v) is 5.03. The number of carbonyl (C=O) groups is 2. The van der Waals surface area contributed by atoms with Crippen molar-refractivity contribution in [1.82, 2.24) is 20.6 Å². The van der Waals surface area contributed by atoms with Crippen LogP contribution >= 0.6 is 0 Å². The van der Waals surface area contributed by atoms with E-state index < -0.39 is 0 Å². The number of carbonyl (C=O) groups excluding carboxylic acids is 2. The number of nitrogens with zero attached hydrogens (tertiary/aromatic N) is 2. The maximum Gasteiger partial charge on any atom is 0.253 e. The zero-order valence-corrected chi connectivity index (χ0v) is 15.0. The monoisotopic (exact) mass is 360 g/mol. The zero-order chi connectivity index (χ0) is 18.9. The molecule has 2 N–H and O–H groups in total. The molecule has 4 rings (SSSR count). The van der Waals surface area contributed by atoms with Crippen LogP contribution in [0.4, 0.5) is 0 Å². The quantitative estimate of drug-likeness (QED) is 0.733. The van der Waals surface area contributed by atoms with Crippen molar-refractivity contribution in [2.45, 2.75) is 25.3 Å². The van der Waals surface area contributed by atoms with E-state index in [0.29, 0.717) is 17.7 Å². The van der Waals surface area contributed by atoms with Gasteiger partial charge >= 0.3 is 0 Å². The minimum absolute atomic E-state index is 0.129. The van der Waals surface area contributed by atoms with E-state index in [9.17, 15) is 9.59 Å². The first-order valence-electron chi connectivity index (χ1n) is 8.92. The van der Waals surface area contributed by atoms with E-state index in [-0.39, 0.29) is 17.4 Å². The number of aryl methyl sites for hydroxylation is 1. The highest BCUT2D eigenvalue weighted by Crippen LogP contribution is 2.35. The molecule has 0 bridgehead atoms. The maximum atomic E-state index is 12.8. The van der Waals surface area contributed by atoms with E-state index in [1.54, 1.807) is 30.9 Å². The van der Waals surface area contributed by atoms with Gasteiger partial charge in [-0.1, -0.05) is 12.1 Å². The molecule has 0 spiro atoms. The van der Waals surface area contributed by atoms with Crippen molar-refractivity contribution in [2.24, 2.45) is 0 Å². The summed E-state index contributed by atoms with van der Waals surface area (Å²) in [5.74, 6) is -0.298. The molecule has 0 radical (unpaired) electrons. The number of amides is 2. The second-order valence-corrected chi connectivity index (χ2v) is 7.01. The molecule has 1 aromatic carbocycles. The molecule has 1 fully saturated rings. The van der Waals surface area contributed by atoms with Crippen LogP contribution in [0.1, 0.15) is 39.1 Å². The average Bonchev–Trinajstić information content (AvgIpc) is 3.45. The van der Waals surface area contributed by atoms with Crippen molar-refractivity contribution >= 4 is 22.6 Å². The molecule has 1 saturated carbocycles. The Morgan fingerprint density at radius 2 is 1.78 bits per heavy atom. The highest BCUT2D eigenvalue weighted by molar-refractivity contribution is 6.07. The second-order valence-electron chi connectivity index (χ2n) is 7.01. The SMILES string of the molecule is Cc1ccncc1C(=O)NCC1(NC(=O)c2cccc3cnccc23)CC1. The highest BCUT2D eigenvalue weighted by Gasteiger charge is 2.44. The number of fused-ring (bicyclic) bond motifs is 1. The topological polar surface area (TPSA) is 84.0 Å². The van der Waals surface area contributed by atoms with Crippen LogP contribution in [0.5, 0.6) is 0 Å². The molecule has 0 saturated heterocycles. The van der Waals surface area contributed by atoms with Gasteiger partial charge in [0.25, 0.3) is 11.8 Å². The van der Waals surface area contributed by atoms with E-state index >= 15 is 0 Å². The van der Waals surface area contributed by atoms with Gasteiger partial charge in [-0.25, -0.2) is 0 Å². The van der Waals surface area contributed by atoms with E-state index in [1.807, 2.05) is 31.2 Å². The first-order chi connectivity index (χ1) is 13.1. The largest absolute Gasteiger partial charge is 0.350 e. The van der Waals surface area contributed by atoms with Gasteiger partial charge in [0.2, 0.25) is 0 Å². The predicted octanol–water partition coefficient (Wildman–Crippen LogP) is 2.63. The molecule has 136 valence electrons. The van der Waals surface area contributed by atoms with Crippen LogP contribution < -0.4 is 10.6 Å². The number of hydrogen-bond acceptors (Lipinski definition) is 4. The minimum Gasteiger partial charge on any atom is -0.350 e. The van der Waals surface area contributed by atoms with Crippen LogP contribution in [0.15, 0.2) is 55.1 Å². The summed E-state index contributed by atoms with van der Waals surface area (Å²) in [7, 11) is 0. The average molecular weight is 360 g/mol. The Morgan fingerprint density at radius 3 is 2.56 bits per heavy atom. The van der Waals surface area contributed by atoms with Crippen molar-refractivity contribution in [3.63, 3.8) is 0 Å². The fourth-order valence-electron chi connectivity index (χ4n) is 3.17. The Morgan fingerprint density at radius 1 is 1.00 bits per heavy atom. The van der Waals surface area contributed by atoms with Gasteiger partial charge in [-0.05, 0) is 48.9 Å². The van der Waals surface area contributed by atoms with Gasteiger partial charge < -0.3 is 10.6 Å². The van der Waals surface area contributed by atoms with Crippen molar-refractivity contribution < 1.29 is 9.59 Å². The molecule has 1 aliphatic carbocycles. The van der Waals surface area contributed by atoms with E-state index in [4.69, 9.17) is 0 Å². The number of nitrogens with one attached hydrogen (secondary N) is 2. The lowest BCUT2D eigenvalue weighted by molar-refractivity contribution is 0.0903. The van der Waals surface area contributed by atoms with E-state index in [0.717, 1.165) is 29.2 Å². The Kier molecular flexibility index (Phi) is 4.32. The highest BCUT2D eigenvalue weighted by atomic mass is 16.2. The smallest absolute Gasteiger partial charge is 0.253 e. The number of hydrogen-bond donors (Lipinski definition) is 2. The molecule has 2 amide bonds. The van der Waals surface area contributed by atoms with Crippen molar-refractivity contribution in [2.75, 3.05) is 6.54 Å². The van der Waals surface area contributed by atoms with E-state index in [2.05, 4.69) is 20.6 Å². The van der Waals surface area contributed by atoms with Crippen molar-refractivity contribution in [1.29, 1.82) is 0 Å². The van der Waals surface area contributed by atoms with Gasteiger partial charge in [0.1, 0.15) is 0 Å². The van der Waals surface area contributed by atoms with Gasteiger partial charge in [-0.2, -0.15) is 0 Å². The lowest BCUT2D eigenvalue weighted by atomic mass is 10.1. The summed E-state index contributed by atoms with van der Waals surface area (Å²) in [6.45, 7) is 2.28. The van der Waals surface area contributed by atoms with Crippen LogP contribution in [0.2, 0.25) is 0 Å². The van der Waals surface area contributed by atoms with Gasteiger partial charge in [-0.3, -0.25) is 19.6 Å². The molecule has 0 aliphatic heterocycles. The number of benzene rings is 1. The predicted molar refractivity (Wildman–Crippen MR) is 102 cm³/mol. The normalized spacial score (nSPS) is 14.6. The lowest BCUT2D eigenvalue weighted by Gasteiger charge is -2.19. The Balaban J connectivity index is 1.45. The summed E-state index contributed by atoms with van der Waals surface area (Å²) < 4.78 is 0. The molecule has 0 atom stereocenters. The fourth-order valence-corrected chi connectivity index (χ4v) is 3.17. The molecule has 1 aliphatic rings. The fraction of sp³-hybridized carbons (Fsp3) is 0.238. The second kappa shape index (κ2) is 6.79. The van der Waals surface area contributed by atoms with Crippen LogP contribution in [0, 0.1) is 6.92 Å². The summed E-state index contributed by atoms with van der Waals surface area (Å²) >= 11 is 0. The van der Waals surface area contributed by atoms with Crippen molar-refractivity contribution in [3.8, 4) is 0 Å². The first-order valence-corrected chi connectivity index (χ1v) is 8.92. The molecule has 6 heteroatoms. The maximum absolute atomic E-state index is 12.8. The van der Waals surface area contributed by atoms with Crippen LogP contribution in [0.25, 0.3) is 10.8 Å². The first kappa shape index (κ1) is 17.1. The van der Waals surface area contributed by atoms with Gasteiger partial charge in [0, 0.05) is 42.3 Å². The van der Waals surface area contributed by atoms with E-state index in [1.165, 1.54) is 0 Å². The third kappa shape index (κ3) is 3.51. The number of pyridine rings is 2. The molecule has 3 aromatic rings. The summed E-state index contributed by atoms with van der Waals surface area (Å²) in [6.07, 6.45) is 8.34. The Hall–Kier alpha value is -3.28. The lowest BCUT2D eigenvalue weighted by Crippen LogP contribution is -2.45. The van der Waals surface area contributed by atoms with Gasteiger partial charge in [-0.15, -0.1) is 0 Å². The standard InChI is InChI=1S/C21H20N4O2/c1-14-5-9-23-12-18(14)19(26)24-13-21(7-8-21)25-20(27)17-4-2-3-15-11-22-10-6-16(15)17/h2-6,9-12H,7-8,13H2,1H3,(H,24,26)(H,25,27). The Labute approximate surface area is 157 Å². The van der Waals surface area contributed by atoms with Gasteiger partial charge in [0.15, 0.2) is 0 Å². The van der Waals surface area contributed by atoms with Crippen LogP contribution in [-0.2, 0) is 0 Å². The number of aromatic nitrogens is 2. The molecular weight excluding hydrogens is 340 g/mol. The van der Waals surface area contributed by atoms with Crippen LogP contribution in [-0.4, -0.2) is 33.9 Å². The molecule has 27 heavy (non-hydrogen) atoms. The summed E-state index contributed by atoms with van der Waals surface area (Å²) in [5, 5.41) is 7.84. The zero-order valence-electron chi connectivity index (χ0n) is 15.0. The summed E-state index contributed by atoms with van der Waals surface area (Å²) in [6, 6.07) is 9.25. The molecular formula is C21H20N4O2. The van der Waals surface area contributed by atoms with Crippen molar-refractivity contribution in [3.05, 3.63) is 71.8 Å². The molecule has 6 nitrogen and oxygen atoms in total. The minimum atomic E-state index is -0.377. The molecule has 2 heterocycles. The summed E-state index contributed by atoms with van der Waals surface area (Å²) in [5.41, 5.74) is 1.68. The third-order valence-electron chi connectivity index (χ3n) is 5.03. The van der Waals surface area contributed by atoms with Crippen LogP contribution in [0.3, 0.4) is 0 Å². The van der Waals surface area contributed by atoms with Gasteiger partial charge in [0.05, 0.1) is 11.1 Å². The Bertz CT molecular complexity index is 1020. The molecule has 0 unspecified atom stereocenters. The number of rotatable bonds is 5. The summed E-state index contributed by atoms with van der Waals surface area (Å²) in [4.78, 5) is 33.3. The molecule has 2 aromatic heterocycles.